The van der Waals surface area contributed by atoms with Gasteiger partial charge in [-0.25, -0.2) is 13.6 Å². The molecule has 0 saturated carbocycles. The van der Waals surface area contributed by atoms with Crippen LogP contribution < -0.4 is 0 Å². The second kappa shape index (κ2) is 10.5. The molecule has 0 saturated heterocycles. The molecule has 0 spiro atoms. The van der Waals surface area contributed by atoms with Crippen LogP contribution in [0.4, 0.5) is 74.6 Å². The van der Waals surface area contributed by atoms with Gasteiger partial charge in [-0.15, -0.1) is 0 Å². The van der Waals surface area contributed by atoms with E-state index in [0.717, 1.165) is 0 Å². The molecule has 0 aromatic heterocycles. The quantitative estimate of drug-likeness (QED) is 0.0980. The first-order chi connectivity index (χ1) is 15.7. The zero-order valence-electron chi connectivity index (χ0n) is 16.8. The van der Waals surface area contributed by atoms with Crippen LogP contribution in [0.2, 0.25) is 0 Å². The molecule has 0 radical (unpaired) electrons. The van der Waals surface area contributed by atoms with Gasteiger partial charge in [0.2, 0.25) is 5.76 Å². The number of rotatable bonds is 9. The summed E-state index contributed by atoms with van der Waals surface area (Å²) in [6.07, 6.45) is -40.5. The number of carbonyl (C=O) groups excluding carboxylic acids is 1. The minimum absolute atomic E-state index is 0.553. The summed E-state index contributed by atoms with van der Waals surface area (Å²) in [5.41, 5.74) is -21.9. The molecule has 0 N–H and O–H groups in total. The molecule has 0 heterocycles. The number of unbranched alkanes of at least 4 members (excludes halogenated alkanes) is 1. The Hall–Kier alpha value is -2.44. The van der Waals surface area contributed by atoms with E-state index in [2.05, 4.69) is 16.1 Å². The zero-order valence-corrected chi connectivity index (χ0v) is 16.8. The van der Waals surface area contributed by atoms with E-state index in [0.29, 0.717) is 6.08 Å². The summed E-state index contributed by atoms with van der Waals surface area (Å²) < 4.78 is 232. The van der Waals surface area contributed by atoms with Crippen LogP contribution in [0.15, 0.2) is 24.0 Å². The molecule has 0 bridgehead atoms. The highest BCUT2D eigenvalue weighted by atomic mass is 19.4. The van der Waals surface area contributed by atoms with Crippen LogP contribution in [0.25, 0.3) is 0 Å². The molecular weight excluding hydrogens is 563 g/mol. The highest BCUT2D eigenvalue weighted by Crippen LogP contribution is 2.63. The number of esters is 1. The Morgan fingerprint density at radius 1 is 0.583 bits per heavy atom. The number of carbonyl (C=O) groups is 1. The predicted octanol–water partition coefficient (Wildman–Crippen LogP) is 6.99. The average Bonchev–Trinajstić information content (AvgIpc) is 2.64. The minimum atomic E-state index is -8.20. The van der Waals surface area contributed by atoms with Crippen molar-refractivity contribution >= 4 is 5.97 Å². The first kappa shape index (κ1) is 33.6. The van der Waals surface area contributed by atoms with Gasteiger partial charge < -0.3 is 9.47 Å². The molecule has 0 aliphatic heterocycles. The fraction of sp³-hybridized carbons (Fsp3) is 0.688. The topological polar surface area (TPSA) is 35.5 Å². The number of halogens is 17. The van der Waals surface area contributed by atoms with Gasteiger partial charge in [0, 0.05) is 6.08 Å². The second-order valence-electron chi connectivity index (χ2n) is 6.44. The van der Waals surface area contributed by atoms with Gasteiger partial charge in [-0.05, 0) is 12.8 Å². The molecule has 0 fully saturated rings. The van der Waals surface area contributed by atoms with Gasteiger partial charge in [-0.1, -0.05) is 6.58 Å². The fourth-order valence-corrected chi connectivity index (χ4v) is 2.34. The van der Waals surface area contributed by atoms with E-state index in [4.69, 9.17) is 0 Å². The first-order valence-electron chi connectivity index (χ1n) is 8.60. The zero-order chi connectivity index (χ0) is 29.2. The van der Waals surface area contributed by atoms with Gasteiger partial charge in [0.25, 0.3) is 0 Å². The van der Waals surface area contributed by atoms with Crippen molar-refractivity contribution in [1.29, 1.82) is 0 Å². The van der Waals surface area contributed by atoms with Gasteiger partial charge in [0.15, 0.2) is 0 Å². The number of ether oxygens (including phenoxy) is 2. The summed E-state index contributed by atoms with van der Waals surface area (Å²) in [5, 5.41) is 0. The number of hydrogen-bond acceptors (Lipinski definition) is 3. The lowest BCUT2D eigenvalue weighted by molar-refractivity contribution is -0.366. The SMILES string of the molecule is C=CC(=O)OCCCCOC(=C(C(F)(C(F)(F)F)C(F)(F)F)C(F)(C(F)(F)F)C(F)(F)F)C(F)(F)F. The summed E-state index contributed by atoms with van der Waals surface area (Å²) >= 11 is 0. The van der Waals surface area contributed by atoms with Crippen molar-refractivity contribution in [1.82, 2.24) is 0 Å². The second-order valence-corrected chi connectivity index (χ2v) is 6.44. The molecule has 0 rings (SSSR count). The van der Waals surface area contributed by atoms with Crippen molar-refractivity contribution in [3.63, 3.8) is 0 Å². The van der Waals surface area contributed by atoms with Crippen molar-refractivity contribution in [2.24, 2.45) is 0 Å². The fourth-order valence-electron chi connectivity index (χ4n) is 2.34. The van der Waals surface area contributed by atoms with Crippen molar-refractivity contribution in [3.8, 4) is 0 Å². The minimum Gasteiger partial charge on any atom is -0.489 e. The maximum absolute atomic E-state index is 14.4. The van der Waals surface area contributed by atoms with E-state index in [9.17, 15) is 79.4 Å². The van der Waals surface area contributed by atoms with Crippen molar-refractivity contribution in [3.05, 3.63) is 24.0 Å². The van der Waals surface area contributed by atoms with Crippen molar-refractivity contribution in [2.45, 2.75) is 55.1 Å². The van der Waals surface area contributed by atoms with Crippen LogP contribution in [0.1, 0.15) is 12.8 Å². The van der Waals surface area contributed by atoms with Gasteiger partial charge in [0.05, 0.1) is 18.8 Å². The normalized spacial score (nSPS) is 14.4. The smallest absolute Gasteiger partial charge is 0.449 e. The van der Waals surface area contributed by atoms with E-state index < -0.39 is 85.6 Å². The molecule has 0 aliphatic carbocycles. The van der Waals surface area contributed by atoms with Crippen LogP contribution >= 0.6 is 0 Å². The molecular formula is C16H11F17O3. The monoisotopic (exact) mass is 574 g/mol. The summed E-state index contributed by atoms with van der Waals surface area (Å²) in [6, 6.07) is 0. The summed E-state index contributed by atoms with van der Waals surface area (Å²) in [6.45, 7) is 0.211. The van der Waals surface area contributed by atoms with E-state index >= 15 is 0 Å². The van der Waals surface area contributed by atoms with Crippen LogP contribution in [0.5, 0.6) is 0 Å². The molecule has 0 aromatic carbocycles. The third-order valence-electron chi connectivity index (χ3n) is 3.93. The summed E-state index contributed by atoms with van der Waals surface area (Å²) in [4.78, 5) is 10.7. The number of alkyl halides is 17. The molecule has 0 amide bonds. The molecule has 3 nitrogen and oxygen atoms in total. The predicted molar refractivity (Wildman–Crippen MR) is 81.3 cm³/mol. The highest BCUT2D eigenvalue weighted by Gasteiger charge is 2.87. The Morgan fingerprint density at radius 2 is 0.889 bits per heavy atom. The Morgan fingerprint density at radius 3 is 1.14 bits per heavy atom. The average molecular weight is 574 g/mol. The molecule has 212 valence electrons. The molecule has 20 heteroatoms. The Labute approximate surface area is 188 Å². The number of allylic oxidation sites excluding steroid dienone is 2. The van der Waals surface area contributed by atoms with Gasteiger partial charge in [-0.3, -0.25) is 0 Å². The summed E-state index contributed by atoms with van der Waals surface area (Å²) in [5.74, 6) is -5.66. The van der Waals surface area contributed by atoms with E-state index in [-0.39, 0.29) is 0 Å². The van der Waals surface area contributed by atoms with Crippen LogP contribution in [0.3, 0.4) is 0 Å². The molecule has 36 heavy (non-hydrogen) atoms. The number of hydrogen-bond donors (Lipinski definition) is 0. The van der Waals surface area contributed by atoms with E-state index in [1.807, 2.05) is 0 Å². The largest absolute Gasteiger partial charge is 0.489 e. The third kappa shape index (κ3) is 6.65. The molecule has 0 aromatic rings. The van der Waals surface area contributed by atoms with Crippen molar-refractivity contribution in [2.75, 3.05) is 13.2 Å². The molecule has 0 aliphatic rings. The van der Waals surface area contributed by atoms with E-state index in [1.54, 1.807) is 0 Å². The maximum atomic E-state index is 14.4. The van der Waals surface area contributed by atoms with Gasteiger partial charge in [-0.2, -0.15) is 65.9 Å². The lowest BCUT2D eigenvalue weighted by atomic mass is 9.79. The first-order valence-corrected chi connectivity index (χ1v) is 8.60. The maximum Gasteiger partial charge on any atom is 0.449 e. The standard InChI is InChI=1S/C16H11F17O3/c1-2-7(34)35-5-3-4-6-36-9(12(19,20)21)8(10(17,13(22,23)24)14(25,26)27)11(18,15(28,29)30)16(31,32)33/h2H,1,3-6H2. The Bertz CT molecular complexity index is 742. The lowest BCUT2D eigenvalue weighted by Crippen LogP contribution is -2.66. The Balaban J connectivity index is 7.31. The Kier molecular flexibility index (Phi) is 9.79. The van der Waals surface area contributed by atoms with Crippen molar-refractivity contribution < 1.29 is 88.9 Å². The lowest BCUT2D eigenvalue weighted by Gasteiger charge is -2.41. The van der Waals surface area contributed by atoms with Crippen LogP contribution in [0, 0.1) is 0 Å². The summed E-state index contributed by atoms with van der Waals surface area (Å²) in [7, 11) is 0. The van der Waals surface area contributed by atoms with Crippen LogP contribution in [-0.4, -0.2) is 61.4 Å². The third-order valence-corrected chi connectivity index (χ3v) is 3.93. The highest BCUT2D eigenvalue weighted by molar-refractivity contribution is 5.81. The van der Waals surface area contributed by atoms with Gasteiger partial charge >= 0.3 is 48.2 Å². The van der Waals surface area contributed by atoms with E-state index in [1.165, 1.54) is 0 Å². The molecule has 0 atom stereocenters. The molecule has 0 unspecified atom stereocenters. The van der Waals surface area contributed by atoms with Gasteiger partial charge in [0.1, 0.15) is 0 Å². The van der Waals surface area contributed by atoms with Crippen LogP contribution in [-0.2, 0) is 14.3 Å².